The molecule has 0 spiro atoms. The first-order chi connectivity index (χ1) is 10.1. The Kier molecular flexibility index (Phi) is 4.95. The standard InChI is InChI=1S/C16H15ClN2O2/c1-11(12-3-7-14(17)8-4-12)18-19-16(20)13-5-9-15(21-2)10-6-13/h3-10H,1-2H3,(H,19,20). The maximum absolute atomic E-state index is 12.0. The smallest absolute Gasteiger partial charge is 0.271 e. The number of hydrazone groups is 1. The normalized spacial score (nSPS) is 11.1. The van der Waals surface area contributed by atoms with Gasteiger partial charge in [-0.2, -0.15) is 5.10 Å². The zero-order valence-electron chi connectivity index (χ0n) is 11.8. The maximum Gasteiger partial charge on any atom is 0.271 e. The fourth-order valence-corrected chi connectivity index (χ4v) is 1.82. The van der Waals surface area contributed by atoms with E-state index < -0.39 is 0 Å². The van der Waals surface area contributed by atoms with Crippen LogP contribution in [0.5, 0.6) is 5.75 Å². The first-order valence-corrected chi connectivity index (χ1v) is 6.72. The minimum absolute atomic E-state index is 0.272. The number of carbonyl (C=O) groups excluding carboxylic acids is 1. The van der Waals surface area contributed by atoms with Crippen LogP contribution in [0.25, 0.3) is 0 Å². The molecule has 0 aliphatic carbocycles. The third-order valence-electron chi connectivity index (χ3n) is 2.94. The third kappa shape index (κ3) is 4.07. The van der Waals surface area contributed by atoms with Gasteiger partial charge in [0.2, 0.25) is 0 Å². The largest absolute Gasteiger partial charge is 0.497 e. The molecule has 0 aromatic heterocycles. The molecule has 4 nitrogen and oxygen atoms in total. The molecule has 0 bridgehead atoms. The molecular formula is C16H15ClN2O2. The predicted molar refractivity (Wildman–Crippen MR) is 84.1 cm³/mol. The van der Waals surface area contributed by atoms with E-state index in [1.54, 1.807) is 43.5 Å². The van der Waals surface area contributed by atoms with Gasteiger partial charge in [-0.25, -0.2) is 5.43 Å². The monoisotopic (exact) mass is 302 g/mol. The van der Waals surface area contributed by atoms with Crippen molar-refractivity contribution in [1.29, 1.82) is 0 Å². The van der Waals surface area contributed by atoms with Crippen molar-refractivity contribution < 1.29 is 9.53 Å². The molecule has 0 atom stereocenters. The molecule has 0 saturated carbocycles. The molecule has 108 valence electrons. The van der Waals surface area contributed by atoms with Crippen molar-refractivity contribution in [3.05, 3.63) is 64.7 Å². The Hall–Kier alpha value is -2.33. The topological polar surface area (TPSA) is 50.7 Å². The van der Waals surface area contributed by atoms with Crippen molar-refractivity contribution >= 4 is 23.2 Å². The number of amides is 1. The van der Waals surface area contributed by atoms with Crippen molar-refractivity contribution in [2.24, 2.45) is 5.10 Å². The molecule has 5 heteroatoms. The highest BCUT2D eigenvalue weighted by molar-refractivity contribution is 6.30. The van der Waals surface area contributed by atoms with Crippen molar-refractivity contribution in [3.8, 4) is 5.75 Å². The molecule has 0 aliphatic rings. The van der Waals surface area contributed by atoms with Crippen LogP contribution in [0.3, 0.4) is 0 Å². The minimum Gasteiger partial charge on any atom is -0.497 e. The second-order valence-corrected chi connectivity index (χ2v) is 4.81. The summed E-state index contributed by atoms with van der Waals surface area (Å²) in [5, 5.41) is 4.75. The van der Waals surface area contributed by atoms with Gasteiger partial charge in [0.1, 0.15) is 5.75 Å². The molecule has 1 N–H and O–H groups in total. The summed E-state index contributed by atoms with van der Waals surface area (Å²) >= 11 is 5.83. The Labute approximate surface area is 128 Å². The van der Waals surface area contributed by atoms with Crippen molar-refractivity contribution in [2.45, 2.75) is 6.92 Å². The van der Waals surface area contributed by atoms with E-state index in [2.05, 4.69) is 10.5 Å². The van der Waals surface area contributed by atoms with Gasteiger partial charge in [0.25, 0.3) is 5.91 Å². The first kappa shape index (κ1) is 15.1. The summed E-state index contributed by atoms with van der Waals surface area (Å²) in [6, 6.07) is 14.1. The van der Waals surface area contributed by atoms with Gasteiger partial charge in [-0.1, -0.05) is 23.7 Å². The summed E-state index contributed by atoms with van der Waals surface area (Å²) in [4.78, 5) is 12.0. The number of rotatable bonds is 4. The van der Waals surface area contributed by atoms with Crippen LogP contribution in [0.2, 0.25) is 5.02 Å². The molecule has 2 rings (SSSR count). The number of nitrogens with one attached hydrogen (secondary N) is 1. The van der Waals surface area contributed by atoms with E-state index in [0.717, 1.165) is 5.56 Å². The van der Waals surface area contributed by atoms with E-state index in [1.807, 2.05) is 19.1 Å². The number of methoxy groups -OCH3 is 1. The number of carbonyl (C=O) groups is 1. The lowest BCUT2D eigenvalue weighted by molar-refractivity contribution is 0.0955. The van der Waals surface area contributed by atoms with Crippen LogP contribution in [0.15, 0.2) is 53.6 Å². The van der Waals surface area contributed by atoms with E-state index in [-0.39, 0.29) is 5.91 Å². The lowest BCUT2D eigenvalue weighted by Crippen LogP contribution is -2.19. The summed E-state index contributed by atoms with van der Waals surface area (Å²) in [6.07, 6.45) is 0. The maximum atomic E-state index is 12.0. The average molecular weight is 303 g/mol. The van der Waals surface area contributed by atoms with Gasteiger partial charge in [0.15, 0.2) is 0 Å². The number of hydrogen-bond acceptors (Lipinski definition) is 3. The zero-order valence-corrected chi connectivity index (χ0v) is 12.5. The van der Waals surface area contributed by atoms with E-state index in [1.165, 1.54) is 0 Å². The number of benzene rings is 2. The molecular weight excluding hydrogens is 288 g/mol. The molecule has 2 aromatic carbocycles. The zero-order chi connectivity index (χ0) is 15.2. The van der Waals surface area contributed by atoms with Crippen LogP contribution < -0.4 is 10.2 Å². The molecule has 0 heterocycles. The van der Waals surface area contributed by atoms with Crippen LogP contribution in [0, 0.1) is 0 Å². The molecule has 0 aliphatic heterocycles. The van der Waals surface area contributed by atoms with Gasteiger partial charge >= 0.3 is 0 Å². The lowest BCUT2D eigenvalue weighted by atomic mass is 10.1. The Morgan fingerprint density at radius 1 is 1.05 bits per heavy atom. The van der Waals surface area contributed by atoms with Crippen molar-refractivity contribution in [2.75, 3.05) is 7.11 Å². The molecule has 0 unspecified atom stereocenters. The van der Waals surface area contributed by atoms with Gasteiger partial charge < -0.3 is 4.74 Å². The Balaban J connectivity index is 2.04. The molecule has 0 radical (unpaired) electrons. The van der Waals surface area contributed by atoms with Gasteiger partial charge in [-0.15, -0.1) is 0 Å². The molecule has 0 saturated heterocycles. The van der Waals surface area contributed by atoms with Crippen LogP contribution in [0.1, 0.15) is 22.8 Å². The number of nitrogens with zero attached hydrogens (tertiary/aromatic N) is 1. The second-order valence-electron chi connectivity index (χ2n) is 4.37. The van der Waals surface area contributed by atoms with Crippen molar-refractivity contribution in [3.63, 3.8) is 0 Å². The SMILES string of the molecule is COc1ccc(C(=O)NN=C(C)c2ccc(Cl)cc2)cc1. The summed E-state index contributed by atoms with van der Waals surface area (Å²) < 4.78 is 5.04. The minimum atomic E-state index is -0.272. The Morgan fingerprint density at radius 2 is 1.62 bits per heavy atom. The molecule has 2 aromatic rings. The average Bonchev–Trinajstić information content (AvgIpc) is 2.53. The number of ether oxygens (including phenoxy) is 1. The Bertz CT molecular complexity index is 649. The lowest BCUT2D eigenvalue weighted by Gasteiger charge is -2.04. The van der Waals surface area contributed by atoms with Crippen LogP contribution >= 0.6 is 11.6 Å². The summed E-state index contributed by atoms with van der Waals surface area (Å²) in [5.41, 5.74) is 4.64. The van der Waals surface area contributed by atoms with Crippen LogP contribution in [-0.2, 0) is 0 Å². The fraction of sp³-hybridized carbons (Fsp3) is 0.125. The predicted octanol–water partition coefficient (Wildman–Crippen LogP) is 3.50. The first-order valence-electron chi connectivity index (χ1n) is 6.35. The van der Waals surface area contributed by atoms with Crippen LogP contribution in [-0.4, -0.2) is 18.7 Å². The second kappa shape index (κ2) is 6.90. The van der Waals surface area contributed by atoms with E-state index in [0.29, 0.717) is 22.0 Å². The Morgan fingerprint density at radius 3 is 2.19 bits per heavy atom. The quantitative estimate of drug-likeness (QED) is 0.694. The molecule has 1 amide bonds. The van der Waals surface area contributed by atoms with Crippen molar-refractivity contribution in [1.82, 2.24) is 5.43 Å². The molecule has 21 heavy (non-hydrogen) atoms. The van der Waals surface area contributed by atoms with Gasteiger partial charge in [0, 0.05) is 10.6 Å². The van der Waals surface area contributed by atoms with Gasteiger partial charge in [0.05, 0.1) is 12.8 Å². The fourth-order valence-electron chi connectivity index (χ4n) is 1.70. The summed E-state index contributed by atoms with van der Waals surface area (Å²) in [6.45, 7) is 1.82. The third-order valence-corrected chi connectivity index (χ3v) is 3.19. The highest BCUT2D eigenvalue weighted by Crippen LogP contribution is 2.12. The summed E-state index contributed by atoms with van der Waals surface area (Å²) in [5.74, 6) is 0.429. The highest BCUT2D eigenvalue weighted by atomic mass is 35.5. The van der Waals surface area contributed by atoms with E-state index >= 15 is 0 Å². The van der Waals surface area contributed by atoms with Gasteiger partial charge in [-0.3, -0.25) is 4.79 Å². The van der Waals surface area contributed by atoms with E-state index in [4.69, 9.17) is 16.3 Å². The molecule has 0 fully saturated rings. The van der Waals surface area contributed by atoms with Crippen LogP contribution in [0.4, 0.5) is 0 Å². The highest BCUT2D eigenvalue weighted by Gasteiger charge is 2.05. The number of halogens is 1. The van der Waals surface area contributed by atoms with E-state index in [9.17, 15) is 4.79 Å². The number of hydrogen-bond donors (Lipinski definition) is 1. The summed E-state index contributed by atoms with van der Waals surface area (Å²) in [7, 11) is 1.58. The van der Waals surface area contributed by atoms with Gasteiger partial charge in [-0.05, 0) is 48.9 Å².